The van der Waals surface area contributed by atoms with Crippen LogP contribution in [0, 0.1) is 11.2 Å². The van der Waals surface area contributed by atoms with Gasteiger partial charge in [0.1, 0.15) is 5.82 Å². The fraction of sp³-hybridized carbons (Fsp3) is 0.467. The van der Waals surface area contributed by atoms with Crippen molar-refractivity contribution in [2.75, 3.05) is 5.32 Å². The number of hydrogen-bond donors (Lipinski definition) is 3. The molecule has 0 radical (unpaired) electrons. The summed E-state index contributed by atoms with van der Waals surface area (Å²) in [6, 6.07) is 3.07. The summed E-state index contributed by atoms with van der Waals surface area (Å²) in [5.41, 5.74) is -0.587. The van der Waals surface area contributed by atoms with E-state index in [0.29, 0.717) is 0 Å². The summed E-state index contributed by atoms with van der Waals surface area (Å²) in [6.07, 6.45) is 2.90. The molecule has 0 aliphatic heterocycles. The minimum atomic E-state index is -1.29. The highest BCUT2D eigenvalue weighted by atomic mass is 19.1. The van der Waals surface area contributed by atoms with Crippen molar-refractivity contribution in [2.24, 2.45) is 5.41 Å². The van der Waals surface area contributed by atoms with Crippen LogP contribution in [0.3, 0.4) is 0 Å². The molecule has 1 aromatic rings. The molecule has 21 heavy (non-hydrogen) atoms. The van der Waals surface area contributed by atoms with Gasteiger partial charge in [0.25, 0.3) is 0 Å². The molecule has 0 heterocycles. The molecule has 3 N–H and O–H groups in total. The number of aromatic carboxylic acids is 1. The lowest BCUT2D eigenvalue weighted by Gasteiger charge is -2.27. The Bertz CT molecular complexity index is 572. The molecular weight excluding hydrogens is 275 g/mol. The van der Waals surface area contributed by atoms with E-state index in [0.717, 1.165) is 25.3 Å². The minimum Gasteiger partial charge on any atom is -0.478 e. The van der Waals surface area contributed by atoms with Gasteiger partial charge >= 0.3 is 12.0 Å². The molecule has 0 spiro atoms. The number of para-hydroxylation sites is 1. The summed E-state index contributed by atoms with van der Waals surface area (Å²) in [4.78, 5) is 23.1. The smallest absolute Gasteiger partial charge is 0.337 e. The molecule has 5 nitrogen and oxygen atoms in total. The quantitative estimate of drug-likeness (QED) is 0.801. The maximum absolute atomic E-state index is 13.7. The zero-order valence-electron chi connectivity index (χ0n) is 12.1. The van der Waals surface area contributed by atoms with Gasteiger partial charge in [-0.2, -0.15) is 0 Å². The van der Waals surface area contributed by atoms with Crippen LogP contribution in [-0.4, -0.2) is 23.1 Å². The fourth-order valence-corrected chi connectivity index (χ4v) is 2.73. The third kappa shape index (κ3) is 3.32. The standard InChI is InChI=1S/C15H19FN2O3/c1-15(2)8-4-7-11(15)17-14(21)18-12-9(13(19)20)5-3-6-10(12)16/h3,5-6,11H,4,7-8H2,1-2H3,(H,19,20)(H2,17,18,21). The number of amides is 2. The zero-order chi connectivity index (χ0) is 15.6. The van der Waals surface area contributed by atoms with Gasteiger partial charge in [0.2, 0.25) is 0 Å². The van der Waals surface area contributed by atoms with Crippen molar-refractivity contribution in [1.29, 1.82) is 0 Å². The van der Waals surface area contributed by atoms with Gasteiger partial charge in [-0.3, -0.25) is 0 Å². The van der Waals surface area contributed by atoms with E-state index >= 15 is 0 Å². The first-order valence-corrected chi connectivity index (χ1v) is 6.90. The van der Waals surface area contributed by atoms with E-state index in [1.54, 1.807) is 0 Å². The van der Waals surface area contributed by atoms with Crippen molar-refractivity contribution in [3.05, 3.63) is 29.6 Å². The molecule has 114 valence electrons. The summed E-state index contributed by atoms with van der Waals surface area (Å²) >= 11 is 0. The maximum atomic E-state index is 13.7. The zero-order valence-corrected chi connectivity index (χ0v) is 12.1. The molecule has 1 aromatic carbocycles. The van der Waals surface area contributed by atoms with Crippen LogP contribution in [0.15, 0.2) is 18.2 Å². The molecular formula is C15H19FN2O3. The van der Waals surface area contributed by atoms with Crippen LogP contribution in [0.2, 0.25) is 0 Å². The van der Waals surface area contributed by atoms with Gasteiger partial charge in [-0.1, -0.05) is 26.3 Å². The van der Waals surface area contributed by atoms with Gasteiger partial charge in [0.05, 0.1) is 11.3 Å². The van der Waals surface area contributed by atoms with Crippen molar-refractivity contribution >= 4 is 17.7 Å². The van der Waals surface area contributed by atoms with E-state index in [4.69, 9.17) is 5.11 Å². The van der Waals surface area contributed by atoms with Gasteiger partial charge in [-0.05, 0) is 30.4 Å². The highest BCUT2D eigenvalue weighted by Crippen LogP contribution is 2.37. The second kappa shape index (κ2) is 5.71. The molecule has 1 saturated carbocycles. The Morgan fingerprint density at radius 1 is 1.38 bits per heavy atom. The van der Waals surface area contributed by atoms with Gasteiger partial charge in [-0.25, -0.2) is 14.0 Å². The first-order valence-electron chi connectivity index (χ1n) is 6.90. The lowest BCUT2D eigenvalue weighted by Crippen LogP contribution is -2.43. The van der Waals surface area contributed by atoms with Crippen molar-refractivity contribution in [1.82, 2.24) is 5.32 Å². The lowest BCUT2D eigenvalue weighted by atomic mass is 9.87. The molecule has 0 saturated heterocycles. The lowest BCUT2D eigenvalue weighted by molar-refractivity contribution is 0.0697. The summed E-state index contributed by atoms with van der Waals surface area (Å²) in [5, 5.41) is 14.2. The topological polar surface area (TPSA) is 78.4 Å². The van der Waals surface area contributed by atoms with Crippen LogP contribution in [-0.2, 0) is 0 Å². The summed E-state index contributed by atoms with van der Waals surface area (Å²) in [6.45, 7) is 4.13. The number of benzene rings is 1. The number of halogens is 1. The monoisotopic (exact) mass is 294 g/mol. The van der Waals surface area contributed by atoms with E-state index < -0.39 is 17.8 Å². The van der Waals surface area contributed by atoms with Crippen LogP contribution in [0.1, 0.15) is 43.5 Å². The van der Waals surface area contributed by atoms with Crippen molar-refractivity contribution in [3.63, 3.8) is 0 Å². The average Bonchev–Trinajstić information content (AvgIpc) is 2.71. The van der Waals surface area contributed by atoms with E-state index in [9.17, 15) is 14.0 Å². The number of nitrogens with one attached hydrogen (secondary N) is 2. The second-order valence-corrected chi connectivity index (χ2v) is 6.00. The summed E-state index contributed by atoms with van der Waals surface area (Å²) in [5.74, 6) is -2.05. The number of carboxylic acid groups (broad SMARTS) is 1. The van der Waals surface area contributed by atoms with Gasteiger partial charge in [0, 0.05) is 6.04 Å². The first-order chi connectivity index (χ1) is 9.81. The molecule has 0 bridgehead atoms. The van der Waals surface area contributed by atoms with Crippen molar-refractivity contribution in [3.8, 4) is 0 Å². The van der Waals surface area contributed by atoms with Gasteiger partial charge in [0.15, 0.2) is 0 Å². The molecule has 1 unspecified atom stereocenters. The van der Waals surface area contributed by atoms with Crippen molar-refractivity contribution in [2.45, 2.75) is 39.2 Å². The van der Waals surface area contributed by atoms with Crippen LogP contribution >= 0.6 is 0 Å². The molecule has 1 fully saturated rings. The van der Waals surface area contributed by atoms with Gasteiger partial charge in [-0.15, -0.1) is 0 Å². The number of urea groups is 1. The Hall–Kier alpha value is -2.11. The fourth-order valence-electron chi connectivity index (χ4n) is 2.73. The number of rotatable bonds is 3. The Labute approximate surface area is 122 Å². The number of carboxylic acids is 1. The van der Waals surface area contributed by atoms with E-state index in [-0.39, 0.29) is 22.7 Å². The van der Waals surface area contributed by atoms with E-state index in [2.05, 4.69) is 24.5 Å². The first kappa shape index (κ1) is 15.3. The SMILES string of the molecule is CC1(C)CCCC1NC(=O)Nc1c(F)cccc1C(=O)O. The third-order valence-electron chi connectivity index (χ3n) is 4.05. The molecule has 1 aliphatic carbocycles. The minimum absolute atomic E-state index is 0.00227. The molecule has 1 atom stereocenters. The Morgan fingerprint density at radius 2 is 2.10 bits per heavy atom. The molecule has 0 aromatic heterocycles. The number of hydrogen-bond acceptors (Lipinski definition) is 2. The third-order valence-corrected chi connectivity index (χ3v) is 4.05. The summed E-state index contributed by atoms with van der Waals surface area (Å²) < 4.78 is 13.7. The predicted molar refractivity (Wildman–Crippen MR) is 76.9 cm³/mol. The number of anilines is 1. The highest BCUT2D eigenvalue weighted by Gasteiger charge is 2.35. The molecule has 2 amide bonds. The second-order valence-electron chi connectivity index (χ2n) is 6.00. The largest absolute Gasteiger partial charge is 0.478 e. The Balaban J connectivity index is 2.12. The van der Waals surface area contributed by atoms with Crippen molar-refractivity contribution < 1.29 is 19.1 Å². The predicted octanol–water partition coefficient (Wildman–Crippen LogP) is 3.22. The number of carbonyl (C=O) groups excluding carboxylic acids is 1. The molecule has 6 heteroatoms. The molecule has 2 rings (SSSR count). The van der Waals surface area contributed by atoms with Crippen LogP contribution in [0.25, 0.3) is 0 Å². The highest BCUT2D eigenvalue weighted by molar-refractivity contribution is 6.00. The van der Waals surface area contributed by atoms with Gasteiger partial charge < -0.3 is 15.7 Å². The van der Waals surface area contributed by atoms with Crippen LogP contribution in [0.5, 0.6) is 0 Å². The van der Waals surface area contributed by atoms with E-state index in [1.165, 1.54) is 12.1 Å². The average molecular weight is 294 g/mol. The Kier molecular flexibility index (Phi) is 4.16. The number of carbonyl (C=O) groups is 2. The van der Waals surface area contributed by atoms with Crippen LogP contribution < -0.4 is 10.6 Å². The van der Waals surface area contributed by atoms with E-state index in [1.807, 2.05) is 0 Å². The molecule has 1 aliphatic rings. The Morgan fingerprint density at radius 3 is 2.67 bits per heavy atom. The van der Waals surface area contributed by atoms with Crippen LogP contribution in [0.4, 0.5) is 14.9 Å². The maximum Gasteiger partial charge on any atom is 0.337 e. The normalized spacial score (nSPS) is 20.0. The summed E-state index contributed by atoms with van der Waals surface area (Å²) in [7, 11) is 0.